The third-order valence-electron chi connectivity index (χ3n) is 6.94. The second kappa shape index (κ2) is 6.74. The van der Waals surface area contributed by atoms with E-state index in [9.17, 15) is 14.3 Å². The smallest absolute Gasteiger partial charge is 0.318 e. The van der Waals surface area contributed by atoms with E-state index in [-0.39, 0.29) is 30.0 Å². The van der Waals surface area contributed by atoms with Crippen molar-refractivity contribution in [2.24, 2.45) is 10.1 Å². The molecular formula is C21H24FN7O2. The Labute approximate surface area is 178 Å². The summed E-state index contributed by atoms with van der Waals surface area (Å²) < 4.78 is 13.8. The monoisotopic (exact) mass is 425 g/mol. The van der Waals surface area contributed by atoms with Crippen molar-refractivity contribution in [1.82, 2.24) is 25.1 Å². The maximum Gasteiger partial charge on any atom is 0.318 e. The maximum atomic E-state index is 13.8. The number of aliphatic imine (C=N–C) groups is 1. The minimum absolute atomic E-state index is 0.0205. The fraction of sp³-hybridized carbons (Fsp3) is 0.524. The molecule has 0 radical (unpaired) electrons. The minimum atomic E-state index is -0.629. The molecule has 31 heavy (non-hydrogen) atoms. The zero-order chi connectivity index (χ0) is 21.2. The summed E-state index contributed by atoms with van der Waals surface area (Å²) >= 11 is 0. The highest BCUT2D eigenvalue weighted by molar-refractivity contribution is 5.97. The van der Waals surface area contributed by atoms with Gasteiger partial charge in [-0.2, -0.15) is 5.10 Å². The summed E-state index contributed by atoms with van der Waals surface area (Å²) in [6.07, 6.45) is 10.6. The molecule has 0 spiro atoms. The van der Waals surface area contributed by atoms with Crippen LogP contribution in [0, 0.1) is 5.82 Å². The molecule has 6 rings (SSSR count). The third-order valence-corrected chi connectivity index (χ3v) is 6.94. The first-order valence-electron chi connectivity index (χ1n) is 10.8. The molecule has 5 atom stereocenters. The number of halogens is 1. The van der Waals surface area contributed by atoms with E-state index in [1.54, 1.807) is 23.4 Å². The lowest BCUT2D eigenvalue weighted by molar-refractivity contribution is 0.170. The van der Waals surface area contributed by atoms with Gasteiger partial charge in [0.15, 0.2) is 0 Å². The van der Waals surface area contributed by atoms with Crippen LogP contribution in [-0.2, 0) is 0 Å². The van der Waals surface area contributed by atoms with Gasteiger partial charge in [0.25, 0.3) is 0 Å². The number of carbonyl (C=O) groups excluding carboxylic acids is 1. The van der Waals surface area contributed by atoms with Crippen LogP contribution in [0.15, 0.2) is 40.8 Å². The van der Waals surface area contributed by atoms with Crippen molar-refractivity contribution in [3.63, 3.8) is 0 Å². The van der Waals surface area contributed by atoms with E-state index in [2.05, 4.69) is 20.3 Å². The zero-order valence-electron chi connectivity index (χ0n) is 16.9. The van der Waals surface area contributed by atoms with Gasteiger partial charge in [-0.15, -0.1) is 0 Å². The number of amidine groups is 1. The fourth-order valence-electron chi connectivity index (χ4n) is 5.30. The van der Waals surface area contributed by atoms with E-state index < -0.39 is 11.6 Å². The van der Waals surface area contributed by atoms with Crippen LogP contribution < -0.4 is 5.32 Å². The standard InChI is InChI=1S/C21H24FN7O2/c22-14-8-13(9-23-10-14)16-2-1-5-28(16)17-4-7-29-19-18(25-17)21(19,12-24-29)26-20(31)27-6-3-15(30)11-27/h4,7-10,12,15-16,18-19,30H,1-3,5-6,11H2,(H,26,31)/t15-,16-,18?,19?,21?/m1/s1. The molecule has 5 aliphatic rings. The molecule has 4 aliphatic heterocycles. The summed E-state index contributed by atoms with van der Waals surface area (Å²) in [5.41, 5.74) is 0.219. The first-order valence-corrected chi connectivity index (χ1v) is 10.8. The molecule has 1 aliphatic carbocycles. The molecule has 1 aromatic rings. The normalized spacial score (nSPS) is 35.3. The van der Waals surface area contributed by atoms with Gasteiger partial charge < -0.3 is 20.2 Å². The van der Waals surface area contributed by atoms with E-state index >= 15 is 0 Å². The van der Waals surface area contributed by atoms with Crippen LogP contribution in [0.25, 0.3) is 0 Å². The Morgan fingerprint density at radius 2 is 2.19 bits per heavy atom. The highest BCUT2D eigenvalue weighted by atomic mass is 19.1. The molecule has 2 amide bonds. The molecule has 1 saturated carbocycles. The predicted molar refractivity (Wildman–Crippen MR) is 111 cm³/mol. The first kappa shape index (κ1) is 18.7. The number of rotatable bonds is 2. The number of aliphatic hydroxyl groups excluding tert-OH is 1. The van der Waals surface area contributed by atoms with Crippen LogP contribution >= 0.6 is 0 Å². The number of nitrogens with zero attached hydrogens (tertiary/aromatic N) is 6. The summed E-state index contributed by atoms with van der Waals surface area (Å²) in [6.45, 7) is 1.72. The van der Waals surface area contributed by atoms with Gasteiger partial charge in [0.1, 0.15) is 29.3 Å². The van der Waals surface area contributed by atoms with E-state index in [0.29, 0.717) is 19.5 Å². The number of β-amino-alcohol motifs (C(OH)–C–C–N with tert-alkyl or cyclic N) is 1. The largest absolute Gasteiger partial charge is 0.391 e. The predicted octanol–water partition coefficient (Wildman–Crippen LogP) is 0.851. The van der Waals surface area contributed by atoms with Gasteiger partial charge in [-0.3, -0.25) is 15.0 Å². The number of urea groups is 1. The third kappa shape index (κ3) is 2.92. The number of likely N-dealkylation sites (tertiary alicyclic amines) is 2. The summed E-state index contributed by atoms with van der Waals surface area (Å²) in [6, 6.07) is 1.18. The van der Waals surface area contributed by atoms with Crippen molar-refractivity contribution in [3.05, 3.63) is 42.1 Å². The average molecular weight is 425 g/mol. The molecule has 0 bridgehead atoms. The van der Waals surface area contributed by atoms with Gasteiger partial charge in [-0.1, -0.05) is 0 Å². The number of hydrogen-bond donors (Lipinski definition) is 2. The Bertz CT molecular complexity index is 1010. The number of fused-ring (bicyclic) bond motifs is 1. The lowest BCUT2D eigenvalue weighted by atomic mass is 10.1. The quantitative estimate of drug-likeness (QED) is 0.733. The number of hydrogen-bond acceptors (Lipinski definition) is 7. The van der Waals surface area contributed by atoms with Gasteiger partial charge in [0, 0.05) is 32.0 Å². The lowest BCUT2D eigenvalue weighted by Gasteiger charge is -2.27. The molecule has 5 heterocycles. The van der Waals surface area contributed by atoms with Crippen molar-refractivity contribution in [2.75, 3.05) is 19.6 Å². The maximum absolute atomic E-state index is 13.8. The van der Waals surface area contributed by atoms with Crippen LogP contribution in [0.1, 0.15) is 30.9 Å². The number of amides is 2. The van der Waals surface area contributed by atoms with Crippen molar-refractivity contribution in [1.29, 1.82) is 0 Å². The van der Waals surface area contributed by atoms with Crippen molar-refractivity contribution in [2.45, 2.75) is 49.0 Å². The number of aliphatic hydroxyl groups is 1. The van der Waals surface area contributed by atoms with Crippen molar-refractivity contribution >= 4 is 18.1 Å². The summed E-state index contributed by atoms with van der Waals surface area (Å²) in [4.78, 5) is 25.6. The highest BCUT2D eigenvalue weighted by Crippen LogP contribution is 2.48. The zero-order valence-corrected chi connectivity index (χ0v) is 16.9. The van der Waals surface area contributed by atoms with Crippen molar-refractivity contribution < 1.29 is 14.3 Å². The Balaban J connectivity index is 1.24. The van der Waals surface area contributed by atoms with Crippen LogP contribution in [0.4, 0.5) is 9.18 Å². The Hall–Kier alpha value is -3.01. The summed E-state index contributed by atoms with van der Waals surface area (Å²) in [5, 5.41) is 19.2. The van der Waals surface area contributed by atoms with Crippen LogP contribution in [0.5, 0.6) is 0 Å². The van der Waals surface area contributed by atoms with Gasteiger partial charge in [-0.05, 0) is 37.0 Å². The van der Waals surface area contributed by atoms with Crippen LogP contribution in [-0.4, -0.2) is 86.3 Å². The SMILES string of the molecule is O=C(NC12C=NN3C=CC(N4CCC[C@@H]4c4cncc(F)c4)=NC1C32)N1CC[C@@H](O)C1. The molecular weight excluding hydrogens is 401 g/mol. The second-order valence-corrected chi connectivity index (χ2v) is 8.86. The molecule has 2 saturated heterocycles. The van der Waals surface area contributed by atoms with Gasteiger partial charge in [0.2, 0.25) is 0 Å². The van der Waals surface area contributed by atoms with Gasteiger partial charge in [0.05, 0.1) is 24.6 Å². The Kier molecular flexibility index (Phi) is 4.08. The number of pyridine rings is 1. The first-order chi connectivity index (χ1) is 15.0. The van der Waals surface area contributed by atoms with Crippen LogP contribution in [0.3, 0.4) is 0 Å². The molecule has 162 valence electrons. The van der Waals surface area contributed by atoms with E-state index in [4.69, 9.17) is 4.99 Å². The molecule has 0 aromatic carbocycles. The Morgan fingerprint density at radius 3 is 3.00 bits per heavy atom. The second-order valence-electron chi connectivity index (χ2n) is 8.86. The average Bonchev–Trinajstić information content (AvgIpc) is 3.19. The topological polar surface area (TPSA) is 96.7 Å². The van der Waals surface area contributed by atoms with Gasteiger partial charge in [-0.25, -0.2) is 9.18 Å². The lowest BCUT2D eigenvalue weighted by Crippen LogP contribution is -2.48. The summed E-state index contributed by atoms with van der Waals surface area (Å²) in [5.74, 6) is 0.485. The van der Waals surface area contributed by atoms with Crippen molar-refractivity contribution in [3.8, 4) is 0 Å². The molecule has 2 N–H and O–H groups in total. The number of aromatic nitrogens is 1. The van der Waals surface area contributed by atoms with E-state index in [0.717, 1.165) is 30.8 Å². The highest BCUT2D eigenvalue weighted by Gasteiger charge is 2.72. The van der Waals surface area contributed by atoms with Crippen LogP contribution in [0.2, 0.25) is 0 Å². The molecule has 1 aromatic heterocycles. The molecule has 9 nitrogen and oxygen atoms in total. The Morgan fingerprint density at radius 1 is 1.29 bits per heavy atom. The summed E-state index contributed by atoms with van der Waals surface area (Å²) in [7, 11) is 0. The number of nitrogens with one attached hydrogen (secondary N) is 1. The van der Waals surface area contributed by atoms with E-state index in [1.165, 1.54) is 6.20 Å². The minimum Gasteiger partial charge on any atom is -0.391 e. The number of carbonyl (C=O) groups is 1. The molecule has 3 unspecified atom stereocenters. The number of hydrazone groups is 1. The van der Waals surface area contributed by atoms with Gasteiger partial charge >= 0.3 is 6.03 Å². The molecule has 3 fully saturated rings. The fourth-order valence-corrected chi connectivity index (χ4v) is 5.30. The molecule has 10 heteroatoms. The van der Waals surface area contributed by atoms with E-state index in [1.807, 2.05) is 17.3 Å².